The van der Waals surface area contributed by atoms with Crippen LogP contribution in [0.5, 0.6) is 0 Å². The summed E-state index contributed by atoms with van der Waals surface area (Å²) in [6.45, 7) is 0.823. The molecule has 1 amide bonds. The second-order valence-corrected chi connectivity index (χ2v) is 5.46. The zero-order chi connectivity index (χ0) is 16.4. The molecule has 118 valence electrons. The van der Waals surface area contributed by atoms with Gasteiger partial charge in [-0.15, -0.1) is 0 Å². The fourth-order valence-electron chi connectivity index (χ4n) is 2.79. The van der Waals surface area contributed by atoms with E-state index < -0.39 is 5.97 Å². The zero-order valence-corrected chi connectivity index (χ0v) is 12.8. The van der Waals surface area contributed by atoms with E-state index in [1.54, 1.807) is 18.0 Å². The van der Waals surface area contributed by atoms with Crippen molar-refractivity contribution in [2.45, 2.75) is 13.0 Å². The minimum absolute atomic E-state index is 0.125. The molecule has 2 heterocycles. The average Bonchev–Trinajstić information content (AvgIpc) is 2.88. The Labute approximate surface area is 133 Å². The predicted molar refractivity (Wildman–Crippen MR) is 84.8 cm³/mol. The molecule has 0 saturated heterocycles. The van der Waals surface area contributed by atoms with Crippen molar-refractivity contribution in [2.75, 3.05) is 6.54 Å². The fraction of sp³-hybridized carbons (Fsp3) is 0.235. The molecule has 1 aromatic heterocycles. The van der Waals surface area contributed by atoms with Gasteiger partial charge in [-0.1, -0.05) is 30.3 Å². The second-order valence-electron chi connectivity index (χ2n) is 5.46. The number of aryl methyl sites for hydroxylation is 1. The Balaban J connectivity index is 1.78. The number of rotatable bonds is 3. The highest BCUT2D eigenvalue weighted by Gasteiger charge is 2.28. The molecule has 0 aliphatic carbocycles. The van der Waals surface area contributed by atoms with Crippen LogP contribution in [0.25, 0.3) is 6.08 Å². The number of hydrogen-bond acceptors (Lipinski definition) is 3. The number of hydrogen-bond donors (Lipinski definition) is 1. The number of nitrogens with zero attached hydrogens (tertiary/aromatic N) is 3. The van der Waals surface area contributed by atoms with Crippen molar-refractivity contribution in [3.63, 3.8) is 0 Å². The SMILES string of the molecule is Cn1nc2c(c1C(=O)O)CN(C(=O)/C=C/c1ccccc1)CC2. The number of aromatic carboxylic acids is 1. The smallest absolute Gasteiger partial charge is 0.354 e. The highest BCUT2D eigenvalue weighted by Crippen LogP contribution is 2.22. The first-order chi connectivity index (χ1) is 11.1. The first kappa shape index (κ1) is 15.0. The second kappa shape index (κ2) is 6.08. The Morgan fingerprint density at radius 2 is 2.00 bits per heavy atom. The molecule has 0 atom stereocenters. The van der Waals surface area contributed by atoms with E-state index >= 15 is 0 Å². The van der Waals surface area contributed by atoms with Gasteiger partial charge in [-0.25, -0.2) is 4.79 Å². The highest BCUT2D eigenvalue weighted by molar-refractivity contribution is 5.92. The average molecular weight is 311 g/mol. The molecular weight excluding hydrogens is 294 g/mol. The third kappa shape index (κ3) is 3.01. The van der Waals surface area contributed by atoms with Crippen molar-refractivity contribution in [1.29, 1.82) is 0 Å². The number of benzene rings is 1. The van der Waals surface area contributed by atoms with Crippen LogP contribution in [0.1, 0.15) is 27.3 Å². The van der Waals surface area contributed by atoms with E-state index in [1.165, 1.54) is 10.8 Å². The summed E-state index contributed by atoms with van der Waals surface area (Å²) in [6, 6.07) is 9.57. The van der Waals surface area contributed by atoms with E-state index in [1.807, 2.05) is 30.3 Å². The molecule has 3 rings (SSSR count). The third-order valence-corrected chi connectivity index (χ3v) is 3.93. The van der Waals surface area contributed by atoms with Crippen LogP contribution >= 0.6 is 0 Å². The van der Waals surface area contributed by atoms with E-state index in [4.69, 9.17) is 0 Å². The number of aromatic nitrogens is 2. The molecule has 1 aromatic carbocycles. The number of amides is 1. The lowest BCUT2D eigenvalue weighted by atomic mass is 10.0. The van der Waals surface area contributed by atoms with E-state index in [0.717, 1.165) is 11.3 Å². The number of carbonyl (C=O) groups excluding carboxylic acids is 1. The summed E-state index contributed by atoms with van der Waals surface area (Å²) in [7, 11) is 1.61. The molecule has 6 heteroatoms. The molecule has 23 heavy (non-hydrogen) atoms. The fourth-order valence-corrected chi connectivity index (χ4v) is 2.79. The summed E-state index contributed by atoms with van der Waals surface area (Å²) in [4.78, 5) is 25.3. The summed E-state index contributed by atoms with van der Waals surface area (Å²) in [5, 5.41) is 13.5. The summed E-state index contributed by atoms with van der Waals surface area (Å²) in [6.07, 6.45) is 3.86. The van der Waals surface area contributed by atoms with Gasteiger partial charge in [-0.2, -0.15) is 5.10 Å². The Kier molecular flexibility index (Phi) is 3.97. The van der Waals surface area contributed by atoms with Crippen LogP contribution in [0.2, 0.25) is 0 Å². The van der Waals surface area contributed by atoms with Crippen molar-refractivity contribution in [2.24, 2.45) is 7.05 Å². The standard InChI is InChI=1S/C17H17N3O3/c1-19-16(17(22)23)13-11-20(10-9-14(13)18-19)15(21)8-7-12-5-3-2-4-6-12/h2-8H,9-11H2,1H3,(H,22,23)/b8-7+. The first-order valence-corrected chi connectivity index (χ1v) is 7.36. The van der Waals surface area contributed by atoms with Crippen LogP contribution in [0, 0.1) is 0 Å². The van der Waals surface area contributed by atoms with E-state index in [0.29, 0.717) is 18.5 Å². The molecule has 0 spiro atoms. The number of carboxylic acids is 1. The van der Waals surface area contributed by atoms with Gasteiger partial charge in [0.1, 0.15) is 0 Å². The molecule has 6 nitrogen and oxygen atoms in total. The normalized spacial score (nSPS) is 14.0. The van der Waals surface area contributed by atoms with Gasteiger partial charge in [-0.05, 0) is 11.6 Å². The molecule has 1 aliphatic rings. The zero-order valence-electron chi connectivity index (χ0n) is 12.8. The predicted octanol–water partition coefficient (Wildman–Crippen LogP) is 1.72. The summed E-state index contributed by atoms with van der Waals surface area (Å²) in [5.41, 5.74) is 2.50. The Hall–Kier alpha value is -2.89. The molecule has 1 N–H and O–H groups in total. The molecule has 0 radical (unpaired) electrons. The van der Waals surface area contributed by atoms with Crippen molar-refractivity contribution in [3.8, 4) is 0 Å². The molecule has 1 aliphatic heterocycles. The maximum atomic E-state index is 12.3. The van der Waals surface area contributed by atoms with Gasteiger partial charge >= 0.3 is 5.97 Å². The maximum Gasteiger partial charge on any atom is 0.354 e. The van der Waals surface area contributed by atoms with Crippen LogP contribution in [-0.4, -0.2) is 38.2 Å². The molecule has 0 saturated carbocycles. The van der Waals surface area contributed by atoms with E-state index in [9.17, 15) is 14.7 Å². The summed E-state index contributed by atoms with van der Waals surface area (Å²) in [5.74, 6) is -1.14. The number of fused-ring (bicyclic) bond motifs is 1. The van der Waals surface area contributed by atoms with Gasteiger partial charge in [0.05, 0.1) is 12.2 Å². The highest BCUT2D eigenvalue weighted by atomic mass is 16.4. The van der Waals surface area contributed by atoms with Crippen LogP contribution < -0.4 is 0 Å². The molecule has 0 fully saturated rings. The van der Waals surface area contributed by atoms with Gasteiger partial charge < -0.3 is 10.0 Å². The van der Waals surface area contributed by atoms with Crippen molar-refractivity contribution in [3.05, 3.63) is 58.9 Å². The quantitative estimate of drug-likeness (QED) is 0.876. The maximum absolute atomic E-state index is 12.3. The minimum Gasteiger partial charge on any atom is -0.477 e. The molecule has 2 aromatic rings. The monoisotopic (exact) mass is 311 g/mol. The topological polar surface area (TPSA) is 75.4 Å². The van der Waals surface area contributed by atoms with Crippen molar-refractivity contribution >= 4 is 18.0 Å². The van der Waals surface area contributed by atoms with Gasteiger partial charge in [0, 0.05) is 31.7 Å². The minimum atomic E-state index is -1.02. The largest absolute Gasteiger partial charge is 0.477 e. The van der Waals surface area contributed by atoms with Gasteiger partial charge in [-0.3, -0.25) is 9.48 Å². The number of carboxylic acid groups (broad SMARTS) is 1. The van der Waals surface area contributed by atoms with Crippen molar-refractivity contribution < 1.29 is 14.7 Å². The van der Waals surface area contributed by atoms with Gasteiger partial charge in [0.25, 0.3) is 0 Å². The van der Waals surface area contributed by atoms with Gasteiger partial charge in [0.15, 0.2) is 5.69 Å². The Morgan fingerprint density at radius 3 is 2.70 bits per heavy atom. The van der Waals surface area contributed by atoms with Crippen molar-refractivity contribution in [1.82, 2.24) is 14.7 Å². The summed E-state index contributed by atoms with van der Waals surface area (Å²) < 4.78 is 1.38. The van der Waals surface area contributed by atoms with Crippen LogP contribution in [0.15, 0.2) is 36.4 Å². The van der Waals surface area contributed by atoms with Crippen LogP contribution in [0.3, 0.4) is 0 Å². The van der Waals surface area contributed by atoms with E-state index in [2.05, 4.69) is 5.10 Å². The van der Waals surface area contributed by atoms with Crippen LogP contribution in [0.4, 0.5) is 0 Å². The number of carbonyl (C=O) groups is 2. The first-order valence-electron chi connectivity index (χ1n) is 7.36. The lowest BCUT2D eigenvalue weighted by molar-refractivity contribution is -0.126. The molecule has 0 bridgehead atoms. The van der Waals surface area contributed by atoms with Gasteiger partial charge in [0.2, 0.25) is 5.91 Å². The van der Waals surface area contributed by atoms with Crippen LogP contribution in [-0.2, 0) is 24.8 Å². The molecular formula is C17H17N3O3. The third-order valence-electron chi connectivity index (χ3n) is 3.93. The van der Waals surface area contributed by atoms with E-state index in [-0.39, 0.29) is 18.1 Å². The Morgan fingerprint density at radius 1 is 1.26 bits per heavy atom. The lowest BCUT2D eigenvalue weighted by Gasteiger charge is -2.25. The lowest BCUT2D eigenvalue weighted by Crippen LogP contribution is -2.35. The Bertz CT molecular complexity index is 778. The summed E-state index contributed by atoms with van der Waals surface area (Å²) >= 11 is 0. The molecule has 0 unspecified atom stereocenters.